The topological polar surface area (TPSA) is 55.4 Å². The smallest absolute Gasteiger partial charge is 0.331 e. The average molecular weight is 357 g/mol. The maximum Gasteiger partial charge on any atom is 0.331 e. The number of hydrogen-bond acceptors (Lipinski definition) is 4. The summed E-state index contributed by atoms with van der Waals surface area (Å²) in [6.45, 7) is 4.54. The van der Waals surface area contributed by atoms with Crippen LogP contribution in [0.4, 0.5) is 0 Å². The summed E-state index contributed by atoms with van der Waals surface area (Å²) in [4.78, 5) is 24.5. The van der Waals surface area contributed by atoms with Crippen LogP contribution in [0, 0.1) is 0 Å². The van der Waals surface area contributed by atoms with Gasteiger partial charge in [-0.15, -0.1) is 11.3 Å². The van der Waals surface area contributed by atoms with Gasteiger partial charge in [0.2, 0.25) is 0 Å². The fraction of sp³-hybridized carbons (Fsp3) is 0.300. The molecule has 5 heteroatoms. The number of thiophene rings is 1. The minimum absolute atomic E-state index is 0.264. The molecule has 0 aliphatic heterocycles. The van der Waals surface area contributed by atoms with Gasteiger partial charge in [0.25, 0.3) is 5.91 Å². The Morgan fingerprint density at radius 3 is 2.60 bits per heavy atom. The van der Waals surface area contributed by atoms with Crippen molar-refractivity contribution in [1.82, 2.24) is 5.32 Å². The molecule has 1 aromatic carbocycles. The Morgan fingerprint density at radius 2 is 1.96 bits per heavy atom. The van der Waals surface area contributed by atoms with Crippen LogP contribution in [0.3, 0.4) is 0 Å². The van der Waals surface area contributed by atoms with E-state index >= 15 is 0 Å². The lowest BCUT2D eigenvalue weighted by molar-refractivity contribution is -0.143. The minimum atomic E-state index is -0.527. The molecule has 0 saturated carbocycles. The van der Waals surface area contributed by atoms with Gasteiger partial charge in [-0.1, -0.05) is 44.2 Å². The van der Waals surface area contributed by atoms with Crippen molar-refractivity contribution in [2.24, 2.45) is 0 Å². The fourth-order valence-electron chi connectivity index (χ4n) is 2.17. The molecule has 25 heavy (non-hydrogen) atoms. The van der Waals surface area contributed by atoms with E-state index in [4.69, 9.17) is 4.74 Å². The second-order valence-electron chi connectivity index (χ2n) is 5.94. The first-order chi connectivity index (χ1) is 12.0. The van der Waals surface area contributed by atoms with E-state index < -0.39 is 5.97 Å². The van der Waals surface area contributed by atoms with Gasteiger partial charge in [0.15, 0.2) is 6.61 Å². The second kappa shape index (κ2) is 9.79. The van der Waals surface area contributed by atoms with Gasteiger partial charge in [0.1, 0.15) is 0 Å². The molecule has 2 rings (SSSR count). The predicted octanol–water partition coefficient (Wildman–Crippen LogP) is 3.79. The van der Waals surface area contributed by atoms with Crippen molar-refractivity contribution < 1.29 is 14.3 Å². The molecular weight excluding hydrogens is 334 g/mol. The van der Waals surface area contributed by atoms with E-state index in [1.165, 1.54) is 16.5 Å². The average Bonchev–Trinajstić information content (AvgIpc) is 3.12. The number of carbonyl (C=O) groups excluding carboxylic acids is 2. The number of benzene rings is 1. The zero-order valence-corrected chi connectivity index (χ0v) is 15.3. The fourth-order valence-corrected chi connectivity index (χ4v) is 2.88. The van der Waals surface area contributed by atoms with E-state index in [1.807, 2.05) is 41.8 Å². The van der Waals surface area contributed by atoms with Crippen molar-refractivity contribution >= 4 is 29.3 Å². The molecular formula is C20H23NO3S. The van der Waals surface area contributed by atoms with Gasteiger partial charge < -0.3 is 10.1 Å². The molecule has 1 aromatic heterocycles. The molecule has 0 unspecified atom stereocenters. The maximum absolute atomic E-state index is 11.7. The summed E-state index contributed by atoms with van der Waals surface area (Å²) < 4.78 is 4.94. The lowest BCUT2D eigenvalue weighted by Crippen LogP contribution is -2.30. The van der Waals surface area contributed by atoms with E-state index in [-0.39, 0.29) is 12.5 Å². The summed E-state index contributed by atoms with van der Waals surface area (Å²) in [5.41, 5.74) is 2.17. The van der Waals surface area contributed by atoms with Crippen molar-refractivity contribution in [2.45, 2.75) is 26.2 Å². The standard InChI is InChI=1S/C20H23NO3S/c1-15(2)17-8-5-16(6-9-17)7-10-20(23)24-14-19(22)21-12-11-18-4-3-13-25-18/h3-10,13,15H,11-12,14H2,1-2H3,(H,21,22)/b10-7+. The van der Waals surface area contributed by atoms with Crippen LogP contribution in [-0.4, -0.2) is 25.0 Å². The van der Waals surface area contributed by atoms with Crippen LogP contribution in [0.5, 0.6) is 0 Å². The number of ether oxygens (including phenoxy) is 1. The summed E-state index contributed by atoms with van der Waals surface area (Å²) in [7, 11) is 0. The van der Waals surface area contributed by atoms with Gasteiger partial charge in [-0.3, -0.25) is 4.79 Å². The van der Waals surface area contributed by atoms with Crippen LogP contribution in [0.1, 0.15) is 35.8 Å². The third-order valence-electron chi connectivity index (χ3n) is 3.63. The van der Waals surface area contributed by atoms with E-state index in [0.717, 1.165) is 12.0 Å². The minimum Gasteiger partial charge on any atom is -0.452 e. The highest BCUT2D eigenvalue weighted by Gasteiger charge is 2.05. The van der Waals surface area contributed by atoms with Gasteiger partial charge in [-0.25, -0.2) is 4.79 Å². The summed E-state index contributed by atoms with van der Waals surface area (Å²) in [5, 5.41) is 4.73. The van der Waals surface area contributed by atoms with Crippen LogP contribution in [0.25, 0.3) is 6.08 Å². The molecule has 0 bridgehead atoms. The highest BCUT2D eigenvalue weighted by Crippen LogP contribution is 2.15. The highest BCUT2D eigenvalue weighted by atomic mass is 32.1. The van der Waals surface area contributed by atoms with Crippen LogP contribution in [0.15, 0.2) is 47.9 Å². The molecule has 4 nitrogen and oxygen atoms in total. The molecule has 0 aliphatic rings. The van der Waals surface area contributed by atoms with Crippen molar-refractivity contribution in [3.05, 3.63) is 63.9 Å². The van der Waals surface area contributed by atoms with E-state index in [0.29, 0.717) is 12.5 Å². The van der Waals surface area contributed by atoms with Crippen molar-refractivity contribution in [2.75, 3.05) is 13.2 Å². The quantitative estimate of drug-likeness (QED) is 0.578. The lowest BCUT2D eigenvalue weighted by Gasteiger charge is -2.05. The Labute approximate surface area is 152 Å². The van der Waals surface area contributed by atoms with Crippen molar-refractivity contribution in [3.8, 4) is 0 Å². The SMILES string of the molecule is CC(C)c1ccc(/C=C/C(=O)OCC(=O)NCCc2cccs2)cc1. The summed E-state index contributed by atoms with van der Waals surface area (Å²) in [5.74, 6) is -0.345. The number of rotatable bonds is 8. The summed E-state index contributed by atoms with van der Waals surface area (Å²) >= 11 is 1.65. The van der Waals surface area contributed by atoms with Gasteiger partial charge in [-0.05, 0) is 41.0 Å². The Hall–Kier alpha value is -2.40. The Balaban J connectivity index is 1.67. The first-order valence-corrected chi connectivity index (χ1v) is 9.16. The van der Waals surface area contributed by atoms with Crippen LogP contribution in [-0.2, 0) is 20.7 Å². The monoisotopic (exact) mass is 357 g/mol. The molecule has 0 aliphatic carbocycles. The van der Waals surface area contributed by atoms with E-state index in [9.17, 15) is 9.59 Å². The van der Waals surface area contributed by atoms with Gasteiger partial charge in [-0.2, -0.15) is 0 Å². The molecule has 1 N–H and O–H groups in total. The van der Waals surface area contributed by atoms with Crippen molar-refractivity contribution in [3.63, 3.8) is 0 Å². The maximum atomic E-state index is 11.7. The molecule has 0 atom stereocenters. The lowest BCUT2D eigenvalue weighted by atomic mass is 10.0. The van der Waals surface area contributed by atoms with E-state index in [2.05, 4.69) is 19.2 Å². The molecule has 132 valence electrons. The molecule has 0 spiro atoms. The molecule has 1 amide bonds. The first-order valence-electron chi connectivity index (χ1n) is 8.28. The third-order valence-corrected chi connectivity index (χ3v) is 4.57. The van der Waals surface area contributed by atoms with Crippen LogP contribution in [0.2, 0.25) is 0 Å². The molecule has 0 fully saturated rings. The van der Waals surface area contributed by atoms with Gasteiger partial charge in [0.05, 0.1) is 0 Å². The highest BCUT2D eigenvalue weighted by molar-refractivity contribution is 7.09. The predicted molar refractivity (Wildman–Crippen MR) is 102 cm³/mol. The second-order valence-corrected chi connectivity index (χ2v) is 6.97. The molecule has 1 heterocycles. The normalized spacial score (nSPS) is 11.0. The van der Waals surface area contributed by atoms with Crippen LogP contribution >= 0.6 is 11.3 Å². The third kappa shape index (κ3) is 6.93. The molecule has 2 aromatic rings. The Bertz CT molecular complexity index is 703. The number of nitrogens with one attached hydrogen (secondary N) is 1. The van der Waals surface area contributed by atoms with E-state index in [1.54, 1.807) is 17.4 Å². The summed E-state index contributed by atoms with van der Waals surface area (Å²) in [6, 6.07) is 12.0. The van der Waals surface area contributed by atoms with Gasteiger partial charge in [0, 0.05) is 17.5 Å². The van der Waals surface area contributed by atoms with Gasteiger partial charge >= 0.3 is 5.97 Å². The zero-order valence-electron chi connectivity index (χ0n) is 14.5. The largest absolute Gasteiger partial charge is 0.452 e. The molecule has 0 saturated heterocycles. The number of carbonyl (C=O) groups is 2. The number of amides is 1. The van der Waals surface area contributed by atoms with Crippen LogP contribution < -0.4 is 5.32 Å². The summed E-state index contributed by atoms with van der Waals surface area (Å²) in [6.07, 6.45) is 3.80. The first kappa shape index (κ1) is 18.9. The number of hydrogen-bond donors (Lipinski definition) is 1. The van der Waals surface area contributed by atoms with Crippen molar-refractivity contribution in [1.29, 1.82) is 0 Å². The number of esters is 1. The molecule has 0 radical (unpaired) electrons. The Kier molecular flexibility index (Phi) is 7.41. The zero-order chi connectivity index (χ0) is 18.1. The Morgan fingerprint density at radius 1 is 1.20 bits per heavy atom.